The summed E-state index contributed by atoms with van der Waals surface area (Å²) in [6, 6.07) is 4.64. The van der Waals surface area contributed by atoms with Gasteiger partial charge in [-0.2, -0.15) is 0 Å². The standard InChI is InChI=1S/C15H16FNO2/c1-8-15(11(7-14(18)19)9-2-3-9)12-6-10(16)4-5-13(12)17-8/h4-6,9,11,17H,2-3,7H2,1H3,(H,18,19). The van der Waals surface area contributed by atoms with E-state index in [0.29, 0.717) is 5.92 Å². The molecule has 1 saturated carbocycles. The van der Waals surface area contributed by atoms with Crippen LogP contribution in [0.2, 0.25) is 0 Å². The van der Waals surface area contributed by atoms with E-state index in [1.807, 2.05) is 6.92 Å². The largest absolute Gasteiger partial charge is 0.481 e. The molecule has 2 aromatic rings. The molecule has 3 nitrogen and oxygen atoms in total. The summed E-state index contributed by atoms with van der Waals surface area (Å²) in [4.78, 5) is 14.3. The van der Waals surface area contributed by atoms with E-state index in [1.54, 1.807) is 6.07 Å². The van der Waals surface area contributed by atoms with Crippen LogP contribution < -0.4 is 0 Å². The Balaban J connectivity index is 2.13. The van der Waals surface area contributed by atoms with E-state index in [4.69, 9.17) is 5.11 Å². The van der Waals surface area contributed by atoms with Crippen molar-refractivity contribution in [2.45, 2.75) is 32.1 Å². The summed E-state index contributed by atoms with van der Waals surface area (Å²) in [5.41, 5.74) is 2.82. The van der Waals surface area contributed by atoms with Gasteiger partial charge in [0.25, 0.3) is 0 Å². The highest BCUT2D eigenvalue weighted by Gasteiger charge is 2.36. The number of nitrogens with one attached hydrogen (secondary N) is 1. The molecule has 1 aliphatic carbocycles. The van der Waals surface area contributed by atoms with Crippen LogP contribution in [0.1, 0.15) is 36.4 Å². The summed E-state index contributed by atoms with van der Waals surface area (Å²) >= 11 is 0. The predicted molar refractivity (Wildman–Crippen MR) is 70.7 cm³/mol. The van der Waals surface area contributed by atoms with Gasteiger partial charge in [0, 0.05) is 16.6 Å². The van der Waals surface area contributed by atoms with Crippen LogP contribution in [0.5, 0.6) is 0 Å². The van der Waals surface area contributed by atoms with E-state index in [-0.39, 0.29) is 18.2 Å². The number of fused-ring (bicyclic) bond motifs is 1. The number of aryl methyl sites for hydroxylation is 1. The van der Waals surface area contributed by atoms with E-state index >= 15 is 0 Å². The van der Waals surface area contributed by atoms with E-state index in [9.17, 15) is 9.18 Å². The first kappa shape index (κ1) is 12.2. The quantitative estimate of drug-likeness (QED) is 0.883. The van der Waals surface area contributed by atoms with Crippen molar-refractivity contribution in [2.24, 2.45) is 5.92 Å². The zero-order valence-electron chi connectivity index (χ0n) is 10.7. The fourth-order valence-corrected chi connectivity index (χ4v) is 2.99. The number of aliphatic carboxylic acids is 1. The van der Waals surface area contributed by atoms with Gasteiger partial charge in [-0.3, -0.25) is 4.79 Å². The van der Waals surface area contributed by atoms with Crippen LogP contribution in [0.4, 0.5) is 4.39 Å². The number of carboxylic acid groups (broad SMARTS) is 1. The number of aromatic nitrogens is 1. The van der Waals surface area contributed by atoms with Crippen molar-refractivity contribution >= 4 is 16.9 Å². The second kappa shape index (κ2) is 4.37. The molecule has 0 bridgehead atoms. The summed E-state index contributed by atoms with van der Waals surface area (Å²) in [6.07, 6.45) is 2.26. The average molecular weight is 261 g/mol. The number of carboxylic acids is 1. The Bertz CT molecular complexity index is 643. The normalized spacial score (nSPS) is 16.7. The van der Waals surface area contributed by atoms with Crippen molar-refractivity contribution in [3.8, 4) is 0 Å². The summed E-state index contributed by atoms with van der Waals surface area (Å²) in [7, 11) is 0. The van der Waals surface area contributed by atoms with Crippen LogP contribution in [0.15, 0.2) is 18.2 Å². The van der Waals surface area contributed by atoms with Crippen molar-refractivity contribution in [1.82, 2.24) is 4.98 Å². The summed E-state index contributed by atoms with van der Waals surface area (Å²) in [6.45, 7) is 1.93. The summed E-state index contributed by atoms with van der Waals surface area (Å²) in [5, 5.41) is 9.92. The SMILES string of the molecule is Cc1[nH]c2ccc(F)cc2c1C(CC(=O)O)C1CC1. The minimum absolute atomic E-state index is 0.00644. The molecule has 19 heavy (non-hydrogen) atoms. The highest BCUT2D eigenvalue weighted by Crippen LogP contribution is 2.47. The maximum absolute atomic E-state index is 13.4. The molecule has 0 radical (unpaired) electrons. The third kappa shape index (κ3) is 2.23. The van der Waals surface area contributed by atoms with Crippen molar-refractivity contribution in [3.05, 3.63) is 35.3 Å². The monoisotopic (exact) mass is 261 g/mol. The fourth-order valence-electron chi connectivity index (χ4n) is 2.99. The lowest BCUT2D eigenvalue weighted by molar-refractivity contribution is -0.137. The van der Waals surface area contributed by atoms with Gasteiger partial charge in [-0.1, -0.05) is 0 Å². The molecule has 1 heterocycles. The molecule has 1 aliphatic rings. The third-order valence-corrected chi connectivity index (χ3v) is 3.95. The maximum atomic E-state index is 13.4. The van der Waals surface area contributed by atoms with Gasteiger partial charge in [0.05, 0.1) is 6.42 Å². The molecule has 1 aromatic carbocycles. The number of hydrogen-bond acceptors (Lipinski definition) is 1. The Hall–Kier alpha value is -1.84. The molecule has 0 aliphatic heterocycles. The van der Waals surface area contributed by atoms with Gasteiger partial charge in [0.2, 0.25) is 0 Å². The molecule has 1 atom stereocenters. The van der Waals surface area contributed by atoms with Gasteiger partial charge in [-0.25, -0.2) is 4.39 Å². The molecule has 0 spiro atoms. The molecule has 100 valence electrons. The fraction of sp³-hybridized carbons (Fsp3) is 0.400. The maximum Gasteiger partial charge on any atom is 0.303 e. The second-order valence-electron chi connectivity index (χ2n) is 5.40. The molecule has 1 fully saturated rings. The van der Waals surface area contributed by atoms with Gasteiger partial charge in [-0.15, -0.1) is 0 Å². The van der Waals surface area contributed by atoms with Crippen molar-refractivity contribution in [3.63, 3.8) is 0 Å². The topological polar surface area (TPSA) is 53.1 Å². The number of carbonyl (C=O) groups is 1. The van der Waals surface area contributed by atoms with Gasteiger partial charge >= 0.3 is 5.97 Å². The molecule has 4 heteroatoms. The smallest absolute Gasteiger partial charge is 0.303 e. The minimum Gasteiger partial charge on any atom is -0.481 e. The number of benzene rings is 1. The Labute approximate surface area is 110 Å². The van der Waals surface area contributed by atoms with E-state index in [2.05, 4.69) is 4.98 Å². The van der Waals surface area contributed by atoms with Crippen molar-refractivity contribution in [1.29, 1.82) is 0 Å². The van der Waals surface area contributed by atoms with E-state index in [1.165, 1.54) is 12.1 Å². The van der Waals surface area contributed by atoms with Crippen LogP contribution in [-0.2, 0) is 4.79 Å². The van der Waals surface area contributed by atoms with Crippen molar-refractivity contribution in [2.75, 3.05) is 0 Å². The molecule has 1 unspecified atom stereocenters. The van der Waals surface area contributed by atoms with E-state index < -0.39 is 5.97 Å². The number of aromatic amines is 1. The zero-order chi connectivity index (χ0) is 13.6. The van der Waals surface area contributed by atoms with Crippen LogP contribution in [0.3, 0.4) is 0 Å². The molecule has 0 amide bonds. The second-order valence-corrected chi connectivity index (χ2v) is 5.40. The molecule has 0 saturated heterocycles. The Morgan fingerprint density at radius 1 is 1.53 bits per heavy atom. The van der Waals surface area contributed by atoms with Gasteiger partial charge in [-0.05, 0) is 55.4 Å². The lowest BCUT2D eigenvalue weighted by Gasteiger charge is -2.14. The number of halogens is 1. The van der Waals surface area contributed by atoms with Gasteiger partial charge < -0.3 is 10.1 Å². The van der Waals surface area contributed by atoms with Crippen LogP contribution in [-0.4, -0.2) is 16.1 Å². The van der Waals surface area contributed by atoms with Crippen LogP contribution >= 0.6 is 0 Å². The van der Waals surface area contributed by atoms with Gasteiger partial charge in [0.15, 0.2) is 0 Å². The first-order valence-electron chi connectivity index (χ1n) is 6.56. The van der Waals surface area contributed by atoms with Crippen LogP contribution in [0.25, 0.3) is 10.9 Å². The van der Waals surface area contributed by atoms with Gasteiger partial charge in [0.1, 0.15) is 5.82 Å². The minimum atomic E-state index is -0.790. The summed E-state index contributed by atoms with van der Waals surface area (Å²) in [5.74, 6) is -0.648. The lowest BCUT2D eigenvalue weighted by atomic mass is 9.89. The van der Waals surface area contributed by atoms with Crippen molar-refractivity contribution < 1.29 is 14.3 Å². The number of H-pyrrole nitrogens is 1. The first-order chi connectivity index (χ1) is 9.06. The Morgan fingerprint density at radius 2 is 2.26 bits per heavy atom. The average Bonchev–Trinajstić information content (AvgIpc) is 3.10. The Morgan fingerprint density at radius 3 is 2.89 bits per heavy atom. The molecule has 1 aromatic heterocycles. The van der Waals surface area contributed by atoms with E-state index in [0.717, 1.165) is 35.0 Å². The molecule has 3 rings (SSSR count). The molecule has 2 N–H and O–H groups in total. The summed E-state index contributed by atoms with van der Waals surface area (Å²) < 4.78 is 13.4. The third-order valence-electron chi connectivity index (χ3n) is 3.95. The zero-order valence-corrected chi connectivity index (χ0v) is 10.7. The number of hydrogen-bond donors (Lipinski definition) is 2. The highest BCUT2D eigenvalue weighted by molar-refractivity contribution is 5.86. The van der Waals surface area contributed by atoms with Crippen LogP contribution in [0, 0.1) is 18.7 Å². The molecular weight excluding hydrogens is 245 g/mol. The Kier molecular flexibility index (Phi) is 2.81. The predicted octanol–water partition coefficient (Wildman–Crippen LogP) is 3.58. The highest BCUT2D eigenvalue weighted by atomic mass is 19.1. The first-order valence-corrected chi connectivity index (χ1v) is 6.56. The lowest BCUT2D eigenvalue weighted by Crippen LogP contribution is -2.09. The number of rotatable bonds is 4. The molecular formula is C15H16FNO2.